The van der Waals surface area contributed by atoms with Crippen molar-refractivity contribution in [3.05, 3.63) is 51.8 Å². The summed E-state index contributed by atoms with van der Waals surface area (Å²) in [5.74, 6) is 0.356. The molecule has 0 aromatic heterocycles. The van der Waals surface area contributed by atoms with Gasteiger partial charge in [0, 0.05) is 24.6 Å². The second-order valence-corrected chi connectivity index (χ2v) is 4.16. The van der Waals surface area contributed by atoms with Gasteiger partial charge in [0.25, 0.3) is 5.69 Å². The summed E-state index contributed by atoms with van der Waals surface area (Å²) in [6.07, 6.45) is 1.91. The van der Waals surface area contributed by atoms with Crippen LogP contribution >= 0.6 is 0 Å². The molecule has 1 heterocycles. The van der Waals surface area contributed by atoms with Crippen LogP contribution in [0.2, 0.25) is 0 Å². The number of hydrogen-bond acceptors (Lipinski definition) is 4. The molecule has 0 aliphatic carbocycles. The van der Waals surface area contributed by atoms with E-state index in [0.29, 0.717) is 24.4 Å². The first kappa shape index (κ1) is 13.1. The maximum atomic E-state index is 11.5. The highest BCUT2D eigenvalue weighted by atomic mass is 16.6. The molecule has 6 heteroatoms. The van der Waals surface area contributed by atoms with Gasteiger partial charge in [0.1, 0.15) is 5.76 Å². The predicted octanol–water partition coefficient (Wildman–Crippen LogP) is 2.08. The molecule has 6 nitrogen and oxygen atoms in total. The zero-order chi connectivity index (χ0) is 13.8. The topological polar surface area (TPSA) is 81.5 Å². The standard InChI is InChI=1S/C13H14N2O4/c1-2-19-11-7-12(14-13(16)8-11)9-4-3-5-10(6-9)15(17)18/h3-6,8,12H,2,7H2,1H3,(H,14,16)/t12-/m0/s1. The van der Waals surface area contributed by atoms with Crippen LogP contribution in [-0.4, -0.2) is 17.4 Å². The van der Waals surface area contributed by atoms with Gasteiger partial charge in [-0.15, -0.1) is 0 Å². The maximum absolute atomic E-state index is 11.5. The van der Waals surface area contributed by atoms with Crippen molar-refractivity contribution in [2.75, 3.05) is 6.61 Å². The van der Waals surface area contributed by atoms with Crippen molar-refractivity contribution in [3.63, 3.8) is 0 Å². The molecule has 0 fully saturated rings. The van der Waals surface area contributed by atoms with E-state index in [1.54, 1.807) is 12.1 Å². The first-order valence-electron chi connectivity index (χ1n) is 5.98. The van der Waals surface area contributed by atoms with Gasteiger partial charge in [-0.05, 0) is 12.5 Å². The fourth-order valence-corrected chi connectivity index (χ4v) is 2.01. The highest BCUT2D eigenvalue weighted by Gasteiger charge is 2.23. The number of nitro benzene ring substituents is 1. The second-order valence-electron chi connectivity index (χ2n) is 4.16. The summed E-state index contributed by atoms with van der Waals surface area (Å²) in [6, 6.07) is 5.97. The van der Waals surface area contributed by atoms with E-state index in [1.165, 1.54) is 18.2 Å². The van der Waals surface area contributed by atoms with Crippen LogP contribution in [0.3, 0.4) is 0 Å². The smallest absolute Gasteiger partial charge is 0.269 e. The number of amides is 1. The number of hydrogen-bond donors (Lipinski definition) is 1. The van der Waals surface area contributed by atoms with Gasteiger partial charge in [-0.2, -0.15) is 0 Å². The lowest BCUT2D eigenvalue weighted by Gasteiger charge is -2.24. The van der Waals surface area contributed by atoms with Crippen LogP contribution in [0.15, 0.2) is 36.1 Å². The Balaban J connectivity index is 2.23. The Morgan fingerprint density at radius 3 is 3.00 bits per heavy atom. The van der Waals surface area contributed by atoms with Gasteiger partial charge >= 0.3 is 0 Å². The summed E-state index contributed by atoms with van der Waals surface area (Å²) in [6.45, 7) is 2.33. The molecule has 19 heavy (non-hydrogen) atoms. The molecule has 1 aromatic rings. The van der Waals surface area contributed by atoms with Crippen molar-refractivity contribution < 1.29 is 14.5 Å². The summed E-state index contributed by atoms with van der Waals surface area (Å²) < 4.78 is 5.35. The van der Waals surface area contributed by atoms with Crippen LogP contribution in [0.1, 0.15) is 24.9 Å². The number of rotatable bonds is 4. The van der Waals surface area contributed by atoms with E-state index < -0.39 is 4.92 Å². The number of ether oxygens (including phenoxy) is 1. The van der Waals surface area contributed by atoms with Gasteiger partial charge in [0.15, 0.2) is 0 Å². The number of non-ortho nitro benzene ring substituents is 1. The molecule has 1 aromatic carbocycles. The molecule has 1 aliphatic rings. The third kappa shape index (κ3) is 3.09. The van der Waals surface area contributed by atoms with E-state index in [9.17, 15) is 14.9 Å². The molecule has 1 atom stereocenters. The fraction of sp³-hybridized carbons (Fsp3) is 0.308. The summed E-state index contributed by atoms with van der Waals surface area (Å²) in [4.78, 5) is 21.8. The van der Waals surface area contributed by atoms with Crippen molar-refractivity contribution in [2.24, 2.45) is 0 Å². The Morgan fingerprint density at radius 2 is 2.32 bits per heavy atom. The number of carbonyl (C=O) groups is 1. The average Bonchev–Trinajstić information content (AvgIpc) is 2.38. The molecule has 1 amide bonds. The summed E-state index contributed by atoms with van der Waals surface area (Å²) in [5, 5.41) is 13.5. The third-order valence-electron chi connectivity index (χ3n) is 2.83. The Morgan fingerprint density at radius 1 is 1.53 bits per heavy atom. The van der Waals surface area contributed by atoms with Crippen LogP contribution < -0.4 is 5.32 Å². The minimum Gasteiger partial charge on any atom is -0.498 e. The fourth-order valence-electron chi connectivity index (χ4n) is 2.01. The molecule has 0 radical (unpaired) electrons. The second kappa shape index (κ2) is 5.51. The molecular formula is C13H14N2O4. The molecule has 2 rings (SSSR count). The van der Waals surface area contributed by atoms with Gasteiger partial charge in [-0.1, -0.05) is 12.1 Å². The van der Waals surface area contributed by atoms with Crippen molar-refractivity contribution in [3.8, 4) is 0 Å². The summed E-state index contributed by atoms with van der Waals surface area (Å²) in [5.41, 5.74) is 0.715. The van der Waals surface area contributed by atoms with Crippen LogP contribution in [0, 0.1) is 10.1 Å². The van der Waals surface area contributed by atoms with Gasteiger partial charge in [0.05, 0.1) is 17.6 Å². The zero-order valence-corrected chi connectivity index (χ0v) is 10.5. The molecule has 100 valence electrons. The van der Waals surface area contributed by atoms with Crippen LogP contribution in [-0.2, 0) is 9.53 Å². The van der Waals surface area contributed by atoms with Crippen LogP contribution in [0.4, 0.5) is 5.69 Å². The van der Waals surface area contributed by atoms with E-state index >= 15 is 0 Å². The van der Waals surface area contributed by atoms with Gasteiger partial charge in [-0.3, -0.25) is 14.9 Å². The number of benzene rings is 1. The molecule has 0 saturated carbocycles. The van der Waals surface area contributed by atoms with Crippen molar-refractivity contribution in [1.82, 2.24) is 5.32 Å². The number of carbonyl (C=O) groups excluding carboxylic acids is 1. The lowest BCUT2D eigenvalue weighted by molar-refractivity contribution is -0.384. The van der Waals surface area contributed by atoms with E-state index in [-0.39, 0.29) is 17.6 Å². The number of nitrogens with one attached hydrogen (secondary N) is 1. The molecule has 1 N–H and O–H groups in total. The molecule has 0 spiro atoms. The minimum absolute atomic E-state index is 0.0132. The highest BCUT2D eigenvalue weighted by Crippen LogP contribution is 2.27. The Bertz CT molecular complexity index is 539. The molecule has 0 bridgehead atoms. The molecule has 0 unspecified atom stereocenters. The summed E-state index contributed by atoms with van der Waals surface area (Å²) in [7, 11) is 0. The molecular weight excluding hydrogens is 248 g/mol. The normalized spacial score (nSPS) is 18.5. The first-order chi connectivity index (χ1) is 9.10. The van der Waals surface area contributed by atoms with Crippen molar-refractivity contribution >= 4 is 11.6 Å². The van der Waals surface area contributed by atoms with E-state index in [2.05, 4.69) is 5.32 Å². The molecule has 0 saturated heterocycles. The monoisotopic (exact) mass is 262 g/mol. The van der Waals surface area contributed by atoms with Crippen molar-refractivity contribution in [1.29, 1.82) is 0 Å². The maximum Gasteiger partial charge on any atom is 0.269 e. The number of nitrogens with zero attached hydrogens (tertiary/aromatic N) is 1. The van der Waals surface area contributed by atoms with E-state index in [0.717, 1.165) is 0 Å². The Labute approximate surface area is 110 Å². The van der Waals surface area contributed by atoms with Crippen LogP contribution in [0.25, 0.3) is 0 Å². The Kier molecular flexibility index (Phi) is 3.79. The SMILES string of the molecule is CCOC1=CC(=O)N[C@H](c2cccc([N+](=O)[O-])c2)C1. The minimum atomic E-state index is -0.451. The average molecular weight is 262 g/mol. The number of nitro groups is 1. The predicted molar refractivity (Wildman–Crippen MR) is 68.3 cm³/mol. The Hall–Kier alpha value is -2.37. The quantitative estimate of drug-likeness (QED) is 0.665. The van der Waals surface area contributed by atoms with Gasteiger partial charge < -0.3 is 10.1 Å². The lowest BCUT2D eigenvalue weighted by atomic mass is 9.99. The first-order valence-corrected chi connectivity index (χ1v) is 5.98. The van der Waals surface area contributed by atoms with Gasteiger partial charge in [0.2, 0.25) is 5.91 Å². The zero-order valence-electron chi connectivity index (χ0n) is 10.5. The largest absolute Gasteiger partial charge is 0.498 e. The van der Waals surface area contributed by atoms with Gasteiger partial charge in [-0.25, -0.2) is 0 Å². The lowest BCUT2D eigenvalue weighted by Crippen LogP contribution is -2.31. The van der Waals surface area contributed by atoms with Crippen molar-refractivity contribution in [2.45, 2.75) is 19.4 Å². The highest BCUT2D eigenvalue weighted by molar-refractivity contribution is 5.89. The third-order valence-corrected chi connectivity index (χ3v) is 2.83. The van der Waals surface area contributed by atoms with E-state index in [1.807, 2.05) is 6.92 Å². The van der Waals surface area contributed by atoms with Crippen LogP contribution in [0.5, 0.6) is 0 Å². The molecule has 1 aliphatic heterocycles. The summed E-state index contributed by atoms with van der Waals surface area (Å²) >= 11 is 0. The van der Waals surface area contributed by atoms with E-state index in [4.69, 9.17) is 4.74 Å².